The second-order valence-electron chi connectivity index (χ2n) is 6.68. The number of hydrogen-bond donors (Lipinski definition) is 0. The van der Waals surface area contributed by atoms with Crippen LogP contribution in [0.15, 0.2) is 30.3 Å². The number of methoxy groups -OCH3 is 1. The summed E-state index contributed by atoms with van der Waals surface area (Å²) in [4.78, 5) is 36.1. The first kappa shape index (κ1) is 20.7. The smallest absolute Gasteiger partial charge is 0.410 e. The molecule has 1 aliphatic heterocycles. The number of nitrogens with zero attached hydrogens (tertiary/aromatic N) is 2. The Morgan fingerprint density at radius 2 is 2.04 bits per heavy atom. The van der Waals surface area contributed by atoms with E-state index in [1.54, 1.807) is 6.92 Å². The molecule has 148 valence electrons. The van der Waals surface area contributed by atoms with Crippen molar-refractivity contribution in [2.75, 3.05) is 13.7 Å². The van der Waals surface area contributed by atoms with E-state index in [9.17, 15) is 19.7 Å². The Balaban J connectivity index is 1.99. The summed E-state index contributed by atoms with van der Waals surface area (Å²) < 4.78 is 9.76. The van der Waals surface area contributed by atoms with E-state index in [1.165, 1.54) is 12.0 Å². The van der Waals surface area contributed by atoms with E-state index in [2.05, 4.69) is 4.74 Å². The lowest BCUT2D eigenvalue weighted by Gasteiger charge is -2.29. The summed E-state index contributed by atoms with van der Waals surface area (Å²) in [6.07, 6.45) is 2.05. The molecule has 1 fully saturated rings. The van der Waals surface area contributed by atoms with Gasteiger partial charge in [0.05, 0.1) is 13.2 Å². The topological polar surface area (TPSA) is 99.0 Å². The molecule has 2 rings (SSSR count). The summed E-state index contributed by atoms with van der Waals surface area (Å²) in [6, 6.07) is 7.58. The zero-order chi connectivity index (χ0) is 19.8. The SMILES string of the molecule is COC(=O)CCCCC[C@@H]([C@@H](C)N1C(=O)OC[C@H]1c1ccccc1)[N+](=O)[O-]. The highest BCUT2D eigenvalue weighted by atomic mass is 16.6. The summed E-state index contributed by atoms with van der Waals surface area (Å²) in [5.74, 6) is -0.278. The van der Waals surface area contributed by atoms with Crippen molar-refractivity contribution in [2.24, 2.45) is 0 Å². The second kappa shape index (κ2) is 9.89. The van der Waals surface area contributed by atoms with Crippen LogP contribution in [-0.4, -0.2) is 47.7 Å². The van der Waals surface area contributed by atoms with E-state index in [4.69, 9.17) is 4.74 Å². The number of cyclic esters (lactones) is 1. The molecule has 1 amide bonds. The second-order valence-corrected chi connectivity index (χ2v) is 6.68. The van der Waals surface area contributed by atoms with Gasteiger partial charge >= 0.3 is 12.1 Å². The number of esters is 1. The number of carbonyl (C=O) groups excluding carboxylic acids is 2. The molecular weight excluding hydrogens is 352 g/mol. The molecule has 8 heteroatoms. The van der Waals surface area contributed by atoms with Gasteiger partial charge in [-0.25, -0.2) is 4.79 Å². The van der Waals surface area contributed by atoms with Gasteiger partial charge < -0.3 is 9.47 Å². The van der Waals surface area contributed by atoms with E-state index >= 15 is 0 Å². The maximum absolute atomic E-state index is 12.2. The first-order valence-corrected chi connectivity index (χ1v) is 9.16. The maximum atomic E-state index is 12.2. The number of unbranched alkanes of at least 4 members (excludes halogenated alkanes) is 2. The fourth-order valence-corrected chi connectivity index (χ4v) is 3.42. The molecule has 0 aromatic heterocycles. The Morgan fingerprint density at radius 1 is 1.33 bits per heavy atom. The average Bonchev–Trinajstić information content (AvgIpc) is 3.05. The predicted molar refractivity (Wildman–Crippen MR) is 97.7 cm³/mol. The van der Waals surface area contributed by atoms with Gasteiger partial charge in [0, 0.05) is 17.8 Å². The van der Waals surface area contributed by atoms with Gasteiger partial charge in [-0.3, -0.25) is 19.8 Å². The Hall–Kier alpha value is -2.64. The molecule has 8 nitrogen and oxygen atoms in total. The van der Waals surface area contributed by atoms with Gasteiger partial charge in [-0.2, -0.15) is 0 Å². The quantitative estimate of drug-likeness (QED) is 0.268. The van der Waals surface area contributed by atoms with Crippen molar-refractivity contribution >= 4 is 12.1 Å². The molecule has 27 heavy (non-hydrogen) atoms. The Kier molecular flexibility index (Phi) is 7.57. The Morgan fingerprint density at radius 3 is 2.67 bits per heavy atom. The average molecular weight is 378 g/mol. The Labute approximate surface area is 158 Å². The molecule has 0 aliphatic carbocycles. The molecule has 0 unspecified atom stereocenters. The highest BCUT2D eigenvalue weighted by Crippen LogP contribution is 2.31. The monoisotopic (exact) mass is 378 g/mol. The molecule has 1 saturated heterocycles. The molecule has 1 aromatic rings. The van der Waals surface area contributed by atoms with Crippen LogP contribution in [0.1, 0.15) is 50.6 Å². The minimum absolute atomic E-state index is 0.191. The normalized spacial score (nSPS) is 18.7. The lowest BCUT2D eigenvalue weighted by atomic mass is 9.98. The Bertz CT molecular complexity index is 651. The standard InChI is InChI=1S/C19H26N2O6/c1-14(16(21(24)25)11-7-4-8-12-18(22)26-2)20-17(13-27-19(20)23)15-9-5-3-6-10-15/h3,5-6,9-10,14,16-17H,4,7-8,11-13H2,1-2H3/t14-,16+,17+/m1/s1. The van der Waals surface area contributed by atoms with E-state index < -0.39 is 18.2 Å². The molecule has 0 bridgehead atoms. The molecule has 0 radical (unpaired) electrons. The summed E-state index contributed by atoms with van der Waals surface area (Å²) in [7, 11) is 1.34. The fourth-order valence-electron chi connectivity index (χ4n) is 3.42. The van der Waals surface area contributed by atoms with Gasteiger partial charge in [-0.05, 0) is 25.3 Å². The number of amides is 1. The van der Waals surface area contributed by atoms with Crippen molar-refractivity contribution in [1.82, 2.24) is 4.90 Å². The van der Waals surface area contributed by atoms with Gasteiger partial charge in [0.15, 0.2) is 0 Å². The van der Waals surface area contributed by atoms with Crippen LogP contribution < -0.4 is 0 Å². The first-order valence-electron chi connectivity index (χ1n) is 9.16. The van der Waals surface area contributed by atoms with Gasteiger partial charge in [-0.15, -0.1) is 0 Å². The van der Waals surface area contributed by atoms with Crippen molar-refractivity contribution in [3.8, 4) is 0 Å². The van der Waals surface area contributed by atoms with Crippen molar-refractivity contribution in [2.45, 2.75) is 57.2 Å². The van der Waals surface area contributed by atoms with Gasteiger partial charge in [0.25, 0.3) is 0 Å². The van der Waals surface area contributed by atoms with Crippen LogP contribution in [0.25, 0.3) is 0 Å². The largest absolute Gasteiger partial charge is 0.469 e. The molecule has 1 aromatic carbocycles. The molecule has 0 spiro atoms. The van der Waals surface area contributed by atoms with Crippen molar-refractivity contribution in [1.29, 1.82) is 0 Å². The maximum Gasteiger partial charge on any atom is 0.410 e. The van der Waals surface area contributed by atoms with E-state index in [0.717, 1.165) is 5.56 Å². The predicted octanol–water partition coefficient (Wildman–Crippen LogP) is 3.34. The number of nitro groups is 1. The summed E-state index contributed by atoms with van der Waals surface area (Å²) >= 11 is 0. The molecule has 1 heterocycles. The van der Waals surface area contributed by atoms with Crippen LogP contribution in [0, 0.1) is 10.1 Å². The number of ether oxygens (including phenoxy) is 2. The highest BCUT2D eigenvalue weighted by molar-refractivity contribution is 5.71. The van der Waals surface area contributed by atoms with Crippen molar-refractivity contribution in [3.05, 3.63) is 46.0 Å². The van der Waals surface area contributed by atoms with Gasteiger partial charge in [-0.1, -0.05) is 36.8 Å². The third-order valence-electron chi connectivity index (χ3n) is 4.97. The van der Waals surface area contributed by atoms with Crippen molar-refractivity contribution < 1.29 is 24.0 Å². The van der Waals surface area contributed by atoms with E-state index in [-0.39, 0.29) is 23.5 Å². The first-order chi connectivity index (χ1) is 13.0. The van der Waals surface area contributed by atoms with Crippen LogP contribution in [0.2, 0.25) is 0 Å². The zero-order valence-electron chi connectivity index (χ0n) is 15.7. The number of hydrogen-bond acceptors (Lipinski definition) is 6. The summed E-state index contributed by atoms with van der Waals surface area (Å²) in [6.45, 7) is 1.89. The molecule has 0 saturated carbocycles. The highest BCUT2D eigenvalue weighted by Gasteiger charge is 2.43. The van der Waals surface area contributed by atoms with Crippen molar-refractivity contribution in [3.63, 3.8) is 0 Å². The summed E-state index contributed by atoms with van der Waals surface area (Å²) in [5.41, 5.74) is 0.898. The van der Waals surface area contributed by atoms with Crippen LogP contribution >= 0.6 is 0 Å². The molecular formula is C19H26N2O6. The zero-order valence-corrected chi connectivity index (χ0v) is 15.7. The van der Waals surface area contributed by atoms with Crippen LogP contribution in [0.3, 0.4) is 0 Å². The third-order valence-corrected chi connectivity index (χ3v) is 4.97. The van der Waals surface area contributed by atoms with Gasteiger partial charge in [0.2, 0.25) is 6.04 Å². The summed E-state index contributed by atoms with van der Waals surface area (Å²) in [5, 5.41) is 11.6. The van der Waals surface area contributed by atoms with Gasteiger partial charge in [0.1, 0.15) is 12.6 Å². The van der Waals surface area contributed by atoms with Crippen LogP contribution in [-0.2, 0) is 14.3 Å². The molecule has 1 aliphatic rings. The number of carbonyl (C=O) groups is 2. The molecule has 3 atom stereocenters. The number of benzene rings is 1. The van der Waals surface area contributed by atoms with Crippen LogP contribution in [0.5, 0.6) is 0 Å². The fraction of sp³-hybridized carbons (Fsp3) is 0.579. The number of rotatable bonds is 10. The van der Waals surface area contributed by atoms with E-state index in [1.807, 2.05) is 30.3 Å². The van der Waals surface area contributed by atoms with E-state index in [0.29, 0.717) is 32.1 Å². The van der Waals surface area contributed by atoms with Crippen LogP contribution in [0.4, 0.5) is 4.79 Å². The lowest BCUT2D eigenvalue weighted by molar-refractivity contribution is -0.530. The minimum atomic E-state index is -0.889. The minimum Gasteiger partial charge on any atom is -0.469 e. The molecule has 0 N–H and O–H groups in total. The lowest BCUT2D eigenvalue weighted by Crippen LogP contribution is -2.46. The third kappa shape index (κ3) is 5.42.